The molecule has 0 fully saturated rings. The van der Waals surface area contributed by atoms with Crippen LogP contribution in [0.4, 0.5) is 0 Å². The summed E-state index contributed by atoms with van der Waals surface area (Å²) in [5.41, 5.74) is 5.96. The number of benzene rings is 1. The van der Waals surface area contributed by atoms with E-state index in [9.17, 15) is 4.79 Å². The van der Waals surface area contributed by atoms with Crippen molar-refractivity contribution in [1.29, 1.82) is 0 Å². The first-order chi connectivity index (χ1) is 7.18. The number of fused-ring (bicyclic) bond motifs is 1. The van der Waals surface area contributed by atoms with Crippen molar-refractivity contribution in [2.24, 2.45) is 5.73 Å². The molecule has 0 aliphatic heterocycles. The van der Waals surface area contributed by atoms with Crippen LogP contribution in [0.5, 0.6) is 0 Å². The second-order valence-corrected chi connectivity index (χ2v) is 3.57. The molecule has 15 heavy (non-hydrogen) atoms. The van der Waals surface area contributed by atoms with Gasteiger partial charge in [0.05, 0.1) is 6.04 Å². The lowest BCUT2D eigenvalue weighted by molar-refractivity contribution is 0.0963. The minimum atomic E-state index is -0.501. The number of ketones is 1. The van der Waals surface area contributed by atoms with Crippen molar-refractivity contribution in [2.45, 2.75) is 13.0 Å². The molecule has 1 unspecified atom stereocenters. The maximum Gasteiger partial charge on any atom is 0.197 e. The zero-order chi connectivity index (χ0) is 10.8. The molecule has 1 atom stereocenters. The van der Waals surface area contributed by atoms with Crippen LogP contribution >= 0.6 is 0 Å². The fourth-order valence-electron chi connectivity index (χ4n) is 1.45. The summed E-state index contributed by atoms with van der Waals surface area (Å²) in [6.07, 6.45) is 1.70. The topological polar surface area (TPSA) is 56.0 Å². The summed E-state index contributed by atoms with van der Waals surface area (Å²) in [5.74, 6) is -0.124. The molecule has 0 spiro atoms. The number of rotatable bonds is 2. The third kappa shape index (κ3) is 1.87. The molecule has 0 aliphatic carbocycles. The van der Waals surface area contributed by atoms with Gasteiger partial charge in [0.2, 0.25) is 0 Å². The summed E-state index contributed by atoms with van der Waals surface area (Å²) in [6, 6.07) is 9.07. The van der Waals surface area contributed by atoms with Gasteiger partial charge in [-0.1, -0.05) is 24.3 Å². The van der Waals surface area contributed by atoms with Gasteiger partial charge in [-0.2, -0.15) is 0 Å². The highest BCUT2D eigenvalue weighted by Crippen LogP contribution is 2.13. The fraction of sp³-hybridized carbons (Fsp3) is 0.167. The van der Waals surface area contributed by atoms with E-state index in [1.807, 2.05) is 24.3 Å². The SMILES string of the molecule is CC(N)C(=O)c1cc2ccccc2cn1. The molecular weight excluding hydrogens is 188 g/mol. The van der Waals surface area contributed by atoms with E-state index in [0.717, 1.165) is 10.8 Å². The lowest BCUT2D eigenvalue weighted by Gasteiger charge is -2.04. The van der Waals surface area contributed by atoms with Crippen LogP contribution in [0, 0.1) is 0 Å². The van der Waals surface area contributed by atoms with Crippen molar-refractivity contribution in [3.63, 3.8) is 0 Å². The molecule has 0 aliphatic rings. The summed E-state index contributed by atoms with van der Waals surface area (Å²) in [4.78, 5) is 15.7. The smallest absolute Gasteiger partial charge is 0.197 e. The predicted octanol–water partition coefficient (Wildman–Crippen LogP) is 1.76. The van der Waals surface area contributed by atoms with Gasteiger partial charge in [-0.05, 0) is 18.4 Å². The molecule has 76 valence electrons. The van der Waals surface area contributed by atoms with E-state index in [0.29, 0.717) is 5.69 Å². The van der Waals surface area contributed by atoms with Gasteiger partial charge < -0.3 is 5.73 Å². The highest BCUT2D eigenvalue weighted by Gasteiger charge is 2.12. The predicted molar refractivity (Wildman–Crippen MR) is 59.7 cm³/mol. The molecular formula is C12H12N2O. The van der Waals surface area contributed by atoms with Gasteiger partial charge in [0, 0.05) is 11.6 Å². The van der Waals surface area contributed by atoms with Crippen molar-refractivity contribution in [3.05, 3.63) is 42.2 Å². The molecule has 0 radical (unpaired) electrons. The summed E-state index contributed by atoms with van der Waals surface area (Å²) in [7, 11) is 0. The molecule has 2 aromatic rings. The molecule has 3 nitrogen and oxygen atoms in total. The number of Topliss-reactive ketones (excluding diaryl/α,β-unsaturated/α-hetero) is 1. The van der Waals surface area contributed by atoms with E-state index in [2.05, 4.69) is 4.98 Å². The van der Waals surface area contributed by atoms with Gasteiger partial charge in [-0.3, -0.25) is 9.78 Å². The maximum atomic E-state index is 11.6. The maximum absolute atomic E-state index is 11.6. The molecule has 0 bridgehead atoms. The highest BCUT2D eigenvalue weighted by atomic mass is 16.1. The molecule has 3 heteroatoms. The first-order valence-electron chi connectivity index (χ1n) is 4.83. The molecule has 0 amide bonds. The Hall–Kier alpha value is -1.74. The Balaban J connectivity index is 2.52. The first-order valence-corrected chi connectivity index (χ1v) is 4.83. The van der Waals surface area contributed by atoms with E-state index < -0.39 is 6.04 Å². The molecule has 2 rings (SSSR count). The summed E-state index contributed by atoms with van der Waals surface area (Å²) in [5, 5.41) is 2.04. The number of nitrogens with zero attached hydrogens (tertiary/aromatic N) is 1. The second kappa shape index (κ2) is 3.79. The second-order valence-electron chi connectivity index (χ2n) is 3.57. The Morgan fingerprint density at radius 2 is 2.00 bits per heavy atom. The minimum Gasteiger partial charge on any atom is -0.321 e. The molecule has 1 aromatic carbocycles. The summed E-state index contributed by atoms with van der Waals surface area (Å²) >= 11 is 0. The van der Waals surface area contributed by atoms with Crippen LogP contribution in [0.15, 0.2) is 36.5 Å². The van der Waals surface area contributed by atoms with Crippen molar-refractivity contribution < 1.29 is 4.79 Å². The van der Waals surface area contributed by atoms with Crippen LogP contribution in [0.3, 0.4) is 0 Å². The van der Waals surface area contributed by atoms with E-state index in [4.69, 9.17) is 5.73 Å². The van der Waals surface area contributed by atoms with Gasteiger partial charge in [-0.15, -0.1) is 0 Å². The third-order valence-corrected chi connectivity index (χ3v) is 2.30. The number of pyridine rings is 1. The van der Waals surface area contributed by atoms with Crippen molar-refractivity contribution in [3.8, 4) is 0 Å². The van der Waals surface area contributed by atoms with Crippen LogP contribution in [0.25, 0.3) is 10.8 Å². The molecule has 1 heterocycles. The molecule has 1 aromatic heterocycles. The Bertz CT molecular complexity index is 506. The van der Waals surface area contributed by atoms with Crippen LogP contribution in [-0.4, -0.2) is 16.8 Å². The van der Waals surface area contributed by atoms with E-state index >= 15 is 0 Å². The average Bonchev–Trinajstić information content (AvgIpc) is 2.27. The standard InChI is InChI=1S/C12H12N2O/c1-8(13)12(15)11-6-9-4-2-3-5-10(9)7-14-11/h2-8H,13H2,1H3. The monoisotopic (exact) mass is 200 g/mol. The average molecular weight is 200 g/mol. The minimum absolute atomic E-state index is 0.124. The first kappa shape index (κ1) is 9.80. The van der Waals surface area contributed by atoms with Crippen LogP contribution < -0.4 is 5.73 Å². The van der Waals surface area contributed by atoms with Crippen LogP contribution in [0.1, 0.15) is 17.4 Å². The van der Waals surface area contributed by atoms with Gasteiger partial charge in [-0.25, -0.2) is 0 Å². The van der Waals surface area contributed by atoms with Crippen LogP contribution in [0.2, 0.25) is 0 Å². The van der Waals surface area contributed by atoms with Gasteiger partial charge >= 0.3 is 0 Å². The van der Waals surface area contributed by atoms with Gasteiger partial charge in [0.15, 0.2) is 5.78 Å². The number of carbonyl (C=O) groups excluding carboxylic acids is 1. The lowest BCUT2D eigenvalue weighted by Crippen LogP contribution is -2.27. The highest BCUT2D eigenvalue weighted by molar-refractivity contribution is 6.00. The van der Waals surface area contributed by atoms with Crippen molar-refractivity contribution >= 4 is 16.6 Å². The third-order valence-electron chi connectivity index (χ3n) is 2.30. The number of carbonyl (C=O) groups is 1. The summed E-state index contributed by atoms with van der Waals surface area (Å²) in [6.45, 7) is 1.67. The van der Waals surface area contributed by atoms with Crippen LogP contribution in [-0.2, 0) is 0 Å². The Morgan fingerprint density at radius 3 is 2.67 bits per heavy atom. The Labute approximate surface area is 87.9 Å². The van der Waals surface area contributed by atoms with E-state index in [1.54, 1.807) is 19.2 Å². The molecule has 2 N–H and O–H groups in total. The fourth-order valence-corrected chi connectivity index (χ4v) is 1.45. The Morgan fingerprint density at radius 1 is 1.33 bits per heavy atom. The number of hydrogen-bond donors (Lipinski definition) is 1. The number of hydrogen-bond acceptors (Lipinski definition) is 3. The van der Waals surface area contributed by atoms with E-state index in [-0.39, 0.29) is 5.78 Å². The zero-order valence-electron chi connectivity index (χ0n) is 8.47. The normalized spacial score (nSPS) is 12.7. The van der Waals surface area contributed by atoms with Gasteiger partial charge in [0.25, 0.3) is 0 Å². The molecule has 0 saturated heterocycles. The molecule has 0 saturated carbocycles. The lowest BCUT2D eigenvalue weighted by atomic mass is 10.1. The summed E-state index contributed by atoms with van der Waals surface area (Å²) < 4.78 is 0. The zero-order valence-corrected chi connectivity index (χ0v) is 8.47. The van der Waals surface area contributed by atoms with Gasteiger partial charge in [0.1, 0.15) is 5.69 Å². The number of nitrogens with two attached hydrogens (primary N) is 1. The largest absolute Gasteiger partial charge is 0.321 e. The van der Waals surface area contributed by atoms with E-state index in [1.165, 1.54) is 0 Å². The van der Waals surface area contributed by atoms with Crippen molar-refractivity contribution in [1.82, 2.24) is 4.98 Å². The Kier molecular flexibility index (Phi) is 2.47. The quantitative estimate of drug-likeness (QED) is 0.751. The van der Waals surface area contributed by atoms with Crippen molar-refractivity contribution in [2.75, 3.05) is 0 Å². The number of aromatic nitrogens is 1.